The summed E-state index contributed by atoms with van der Waals surface area (Å²) in [4.78, 5) is 28.0. The predicted octanol–water partition coefficient (Wildman–Crippen LogP) is 2.58. The lowest BCUT2D eigenvalue weighted by Gasteiger charge is -2.46. The number of fused-ring (bicyclic) bond motifs is 2. The number of nitriles is 1. The van der Waals surface area contributed by atoms with Crippen LogP contribution in [0.1, 0.15) is 29.9 Å². The fraction of sp³-hybridized carbons (Fsp3) is 0.333. The smallest absolute Gasteiger partial charge is 0.352 e. The molecule has 2 aliphatic rings. The first kappa shape index (κ1) is 22.7. The van der Waals surface area contributed by atoms with Crippen molar-refractivity contribution in [1.29, 1.82) is 5.26 Å². The number of aromatic nitrogens is 2. The third kappa shape index (κ3) is 3.27. The largest absolute Gasteiger partial charge is 0.477 e. The van der Waals surface area contributed by atoms with Crippen LogP contribution in [0.3, 0.4) is 0 Å². The molecule has 1 fully saturated rings. The van der Waals surface area contributed by atoms with Crippen LogP contribution >= 0.6 is 23.1 Å². The number of β-lactam (4-membered cyclic amide) rings is 1. The lowest BCUT2D eigenvalue weighted by molar-refractivity contribution is -0.721. The van der Waals surface area contributed by atoms with Crippen molar-refractivity contribution in [2.45, 2.75) is 37.6 Å². The minimum Gasteiger partial charge on any atom is -0.477 e. The number of hydrogen-bond donors (Lipinski definition) is 2. The van der Waals surface area contributed by atoms with Crippen molar-refractivity contribution in [2.24, 2.45) is 11.8 Å². The lowest BCUT2D eigenvalue weighted by Crippen LogP contribution is -2.63. The Hall–Kier alpha value is -3.13. The molecule has 0 saturated carbocycles. The summed E-state index contributed by atoms with van der Waals surface area (Å²) in [6.45, 7) is 4.16. The SMILES string of the molecule is CSc1c2sc(C3=C(C(=O)O)N4C(=O)[C@H]([C@@H](C)O)[C@H]4[C@H]3C)cn2c[n+]1Cc1ccc(C#N)cc1. The Labute approximate surface area is 204 Å². The van der Waals surface area contributed by atoms with Crippen LogP contribution in [0.2, 0.25) is 0 Å². The number of aliphatic hydroxyl groups is 1. The monoisotopic (exact) mass is 495 g/mol. The van der Waals surface area contributed by atoms with Gasteiger partial charge in [0, 0.05) is 11.5 Å². The zero-order valence-electron chi connectivity index (χ0n) is 18.8. The van der Waals surface area contributed by atoms with Crippen molar-refractivity contribution in [2.75, 3.05) is 6.26 Å². The third-order valence-electron chi connectivity index (χ3n) is 6.67. The van der Waals surface area contributed by atoms with Gasteiger partial charge in [0.2, 0.25) is 15.8 Å². The topological polar surface area (TPSA) is 110 Å². The highest BCUT2D eigenvalue weighted by Crippen LogP contribution is 2.51. The standard InChI is InChI=1S/C24H22N4O4S2/c1-12-17(20(24(31)32)28-19(12)18(13(2)29)21(28)30)16-10-27-11-26(22(33-3)23(27)34-16)9-15-6-4-14(8-25)5-7-15/h4-7,10-13,18-19,29H,9H2,1-3H3/p+1/t12-,13+,18+,19+/m0/s1. The molecule has 8 nitrogen and oxygen atoms in total. The fourth-order valence-corrected chi connectivity index (χ4v) is 7.33. The van der Waals surface area contributed by atoms with E-state index in [0.29, 0.717) is 17.7 Å². The molecule has 4 heterocycles. The van der Waals surface area contributed by atoms with Crippen LogP contribution in [0.15, 0.2) is 47.5 Å². The summed E-state index contributed by atoms with van der Waals surface area (Å²) >= 11 is 3.12. The van der Waals surface area contributed by atoms with Crippen LogP contribution in [0.4, 0.5) is 0 Å². The average molecular weight is 496 g/mol. The van der Waals surface area contributed by atoms with Gasteiger partial charge in [0.25, 0.3) is 6.33 Å². The third-order valence-corrected chi connectivity index (χ3v) is 8.76. The van der Waals surface area contributed by atoms with Crippen LogP contribution < -0.4 is 4.57 Å². The number of rotatable bonds is 6. The number of carboxylic acids is 1. The maximum Gasteiger partial charge on any atom is 0.352 e. The summed E-state index contributed by atoms with van der Waals surface area (Å²) in [5, 5.41) is 30.1. The molecule has 0 spiro atoms. The molecule has 0 bridgehead atoms. The second kappa shape index (κ2) is 8.27. The molecule has 5 rings (SSSR count). The van der Waals surface area contributed by atoms with Gasteiger partial charge in [-0.1, -0.05) is 42.2 Å². The summed E-state index contributed by atoms with van der Waals surface area (Å²) in [5.74, 6) is -2.23. The van der Waals surface area contributed by atoms with Crippen molar-refractivity contribution in [3.63, 3.8) is 0 Å². The fourth-order valence-electron chi connectivity index (χ4n) is 5.15. The van der Waals surface area contributed by atoms with Gasteiger partial charge in [-0.3, -0.25) is 4.79 Å². The Balaban J connectivity index is 1.54. The highest BCUT2D eigenvalue weighted by atomic mass is 32.2. The Kier molecular flexibility index (Phi) is 5.51. The lowest BCUT2D eigenvalue weighted by atomic mass is 9.77. The van der Waals surface area contributed by atoms with Crippen molar-refractivity contribution in [3.8, 4) is 6.07 Å². The number of nitrogens with zero attached hydrogens (tertiary/aromatic N) is 4. The number of carboxylic acid groups (broad SMARTS) is 1. The van der Waals surface area contributed by atoms with E-state index in [1.807, 2.05) is 42.2 Å². The molecular formula is C24H23N4O4S2+. The van der Waals surface area contributed by atoms with Gasteiger partial charge < -0.3 is 15.1 Å². The number of carbonyl (C=O) groups is 2. The molecule has 2 N–H and O–H groups in total. The number of thiazole rings is 1. The number of amides is 1. The van der Waals surface area contributed by atoms with Gasteiger partial charge in [0.15, 0.2) is 0 Å². The molecule has 2 aromatic heterocycles. The molecule has 0 radical (unpaired) electrons. The van der Waals surface area contributed by atoms with Crippen molar-refractivity contribution >= 4 is 45.4 Å². The summed E-state index contributed by atoms with van der Waals surface area (Å²) < 4.78 is 4.13. The zero-order chi connectivity index (χ0) is 24.3. The summed E-state index contributed by atoms with van der Waals surface area (Å²) in [5.41, 5.74) is 2.37. The molecule has 2 aliphatic heterocycles. The van der Waals surface area contributed by atoms with Crippen LogP contribution in [0, 0.1) is 23.2 Å². The van der Waals surface area contributed by atoms with Gasteiger partial charge in [-0.25, -0.2) is 9.36 Å². The van der Waals surface area contributed by atoms with E-state index < -0.39 is 18.0 Å². The molecule has 3 aromatic rings. The van der Waals surface area contributed by atoms with Crippen LogP contribution in [0.25, 0.3) is 10.4 Å². The van der Waals surface area contributed by atoms with Crippen LogP contribution in [-0.2, 0) is 16.1 Å². The number of benzene rings is 1. The normalized spacial score (nSPS) is 22.6. The molecule has 1 aromatic carbocycles. The van der Waals surface area contributed by atoms with Gasteiger partial charge in [0.05, 0.1) is 34.6 Å². The van der Waals surface area contributed by atoms with Crippen LogP contribution in [0.5, 0.6) is 0 Å². The molecule has 1 saturated heterocycles. The Morgan fingerprint density at radius 1 is 1.35 bits per heavy atom. The Bertz CT molecular complexity index is 1400. The second-order valence-electron chi connectivity index (χ2n) is 8.69. The number of thioether (sulfide) groups is 1. The Morgan fingerprint density at radius 3 is 2.65 bits per heavy atom. The molecule has 34 heavy (non-hydrogen) atoms. The summed E-state index contributed by atoms with van der Waals surface area (Å²) in [6.07, 6.45) is 5.09. The number of aliphatic hydroxyl groups excluding tert-OH is 1. The maximum atomic E-state index is 12.6. The van der Waals surface area contributed by atoms with E-state index in [1.165, 1.54) is 16.2 Å². The highest BCUT2D eigenvalue weighted by Gasteiger charge is 2.60. The van der Waals surface area contributed by atoms with E-state index in [0.717, 1.165) is 20.3 Å². The number of aliphatic carboxylic acids is 1. The Morgan fingerprint density at radius 2 is 2.06 bits per heavy atom. The van der Waals surface area contributed by atoms with Gasteiger partial charge >= 0.3 is 5.97 Å². The molecular weight excluding hydrogens is 472 g/mol. The van der Waals surface area contributed by atoms with Crippen molar-refractivity contribution in [3.05, 3.63) is 58.5 Å². The highest BCUT2D eigenvalue weighted by molar-refractivity contribution is 7.98. The summed E-state index contributed by atoms with van der Waals surface area (Å²) in [7, 11) is 0. The quantitative estimate of drug-likeness (QED) is 0.309. The zero-order valence-corrected chi connectivity index (χ0v) is 20.4. The first-order valence-corrected chi connectivity index (χ1v) is 12.9. The predicted molar refractivity (Wildman–Crippen MR) is 127 cm³/mol. The van der Waals surface area contributed by atoms with Crippen molar-refractivity contribution < 1.29 is 24.4 Å². The van der Waals surface area contributed by atoms with E-state index in [9.17, 15) is 19.8 Å². The number of imidazole rings is 1. The first-order valence-electron chi connectivity index (χ1n) is 10.8. The van der Waals surface area contributed by atoms with E-state index in [-0.39, 0.29) is 23.6 Å². The van der Waals surface area contributed by atoms with E-state index in [2.05, 4.69) is 10.6 Å². The minimum absolute atomic E-state index is 0.0278. The number of hydrogen-bond acceptors (Lipinski definition) is 6. The van der Waals surface area contributed by atoms with Crippen molar-refractivity contribution in [1.82, 2.24) is 9.30 Å². The molecule has 1 amide bonds. The van der Waals surface area contributed by atoms with E-state index >= 15 is 0 Å². The maximum absolute atomic E-state index is 12.6. The second-order valence-corrected chi connectivity index (χ2v) is 10.5. The molecule has 174 valence electrons. The molecule has 0 aliphatic carbocycles. The minimum atomic E-state index is -1.12. The molecule has 0 unspecified atom stereocenters. The van der Waals surface area contributed by atoms with Crippen LogP contribution in [-0.4, -0.2) is 49.8 Å². The average Bonchev–Trinajstić information content (AvgIpc) is 3.41. The number of carbonyl (C=O) groups excluding carboxylic acids is 1. The molecule has 10 heteroatoms. The van der Waals surface area contributed by atoms with Gasteiger partial charge in [0.1, 0.15) is 18.4 Å². The van der Waals surface area contributed by atoms with Gasteiger partial charge in [-0.05, 0) is 30.9 Å². The first-order chi connectivity index (χ1) is 16.3. The van der Waals surface area contributed by atoms with Gasteiger partial charge in [-0.2, -0.15) is 9.66 Å². The van der Waals surface area contributed by atoms with Gasteiger partial charge in [-0.15, -0.1) is 0 Å². The summed E-state index contributed by atoms with van der Waals surface area (Å²) in [6, 6.07) is 9.28. The van der Waals surface area contributed by atoms with E-state index in [1.54, 1.807) is 30.8 Å². The van der Waals surface area contributed by atoms with E-state index in [4.69, 9.17) is 5.26 Å². The molecule has 4 atom stereocenters.